The van der Waals surface area contributed by atoms with Crippen molar-refractivity contribution in [2.24, 2.45) is 5.73 Å². The quantitative estimate of drug-likeness (QED) is 0.684. The van der Waals surface area contributed by atoms with E-state index in [1.54, 1.807) is 7.11 Å². The first-order valence-electron chi connectivity index (χ1n) is 4.91. The maximum atomic E-state index is 11.3. The van der Waals surface area contributed by atoms with E-state index in [0.717, 1.165) is 24.0 Å². The Labute approximate surface area is 87.0 Å². The van der Waals surface area contributed by atoms with E-state index in [0.29, 0.717) is 17.1 Å². The first-order chi connectivity index (χ1) is 7.20. The third-order valence-corrected chi connectivity index (χ3v) is 3.01. The lowest BCUT2D eigenvalue weighted by Gasteiger charge is -2.23. The van der Waals surface area contributed by atoms with Gasteiger partial charge in [-0.15, -0.1) is 0 Å². The molecule has 1 aliphatic heterocycles. The van der Waals surface area contributed by atoms with E-state index < -0.39 is 0 Å². The molecule has 1 unspecified atom stereocenters. The summed E-state index contributed by atoms with van der Waals surface area (Å²) in [7, 11) is 1.57. The lowest BCUT2D eigenvalue weighted by molar-refractivity contribution is 0.0648. The minimum absolute atomic E-state index is 0.115. The van der Waals surface area contributed by atoms with Crippen LogP contribution in [0.15, 0.2) is 6.07 Å². The molecule has 0 saturated heterocycles. The lowest BCUT2D eigenvalue weighted by atomic mass is 9.98. The van der Waals surface area contributed by atoms with Gasteiger partial charge < -0.3 is 15.2 Å². The van der Waals surface area contributed by atoms with Crippen molar-refractivity contribution in [3.8, 4) is 11.5 Å². The minimum Gasteiger partial charge on any atom is -0.493 e. The van der Waals surface area contributed by atoms with Gasteiger partial charge in [0.15, 0.2) is 11.5 Å². The molecule has 4 nitrogen and oxygen atoms in total. The number of carbonyl (C=O) groups is 1. The highest BCUT2D eigenvalue weighted by atomic mass is 16.6. The Morgan fingerprint density at radius 1 is 1.53 bits per heavy atom. The molecule has 0 amide bonds. The molecule has 1 aromatic carbocycles. The molecule has 1 aliphatic carbocycles. The highest BCUT2D eigenvalue weighted by Crippen LogP contribution is 2.45. The number of benzene rings is 1. The molecule has 4 heteroatoms. The van der Waals surface area contributed by atoms with Crippen LogP contribution in [0.4, 0.5) is 0 Å². The molecule has 0 aromatic heterocycles. The molecule has 1 aromatic rings. The van der Waals surface area contributed by atoms with E-state index in [1.807, 2.05) is 6.07 Å². The second-order valence-corrected chi connectivity index (χ2v) is 3.98. The molecule has 0 bridgehead atoms. The molecule has 0 spiro atoms. The molecule has 1 heterocycles. The molecular weight excluding hydrogens is 194 g/mol. The van der Waals surface area contributed by atoms with E-state index in [4.69, 9.17) is 15.2 Å². The largest absolute Gasteiger partial charge is 0.493 e. The third-order valence-electron chi connectivity index (χ3n) is 3.01. The third kappa shape index (κ3) is 1.02. The van der Waals surface area contributed by atoms with Crippen LogP contribution in [0, 0.1) is 0 Å². The Hall–Kier alpha value is -1.55. The average Bonchev–Trinajstić information content (AvgIpc) is 2.53. The summed E-state index contributed by atoms with van der Waals surface area (Å²) in [4.78, 5) is 11.3. The van der Waals surface area contributed by atoms with Gasteiger partial charge in [-0.2, -0.15) is 0 Å². The zero-order valence-electron chi connectivity index (χ0n) is 8.37. The van der Waals surface area contributed by atoms with E-state index in [9.17, 15) is 4.79 Å². The number of fused-ring (bicyclic) bond motifs is 3. The number of nitrogens with two attached hydrogens (primary N) is 1. The van der Waals surface area contributed by atoms with Gasteiger partial charge in [-0.3, -0.25) is 0 Å². The van der Waals surface area contributed by atoms with Gasteiger partial charge in [-0.1, -0.05) is 0 Å². The highest BCUT2D eigenvalue weighted by Gasteiger charge is 2.37. The summed E-state index contributed by atoms with van der Waals surface area (Å²) in [6, 6.07) is 2.04. The zero-order valence-corrected chi connectivity index (χ0v) is 8.37. The van der Waals surface area contributed by atoms with Crippen LogP contribution in [0.25, 0.3) is 0 Å². The average molecular weight is 205 g/mol. The molecule has 2 aliphatic rings. The van der Waals surface area contributed by atoms with Crippen molar-refractivity contribution in [1.29, 1.82) is 0 Å². The zero-order chi connectivity index (χ0) is 10.6. The standard InChI is InChI=1S/C11H11NO3/c1-14-8-3-5-2-6(12)4-7(5)9-10(8)15-11(9)13/h3,6H,2,4,12H2,1H3. The van der Waals surface area contributed by atoms with Gasteiger partial charge >= 0.3 is 5.97 Å². The number of esters is 1. The summed E-state index contributed by atoms with van der Waals surface area (Å²) in [5, 5.41) is 0. The molecule has 0 fully saturated rings. The molecule has 0 saturated carbocycles. The maximum absolute atomic E-state index is 11.3. The van der Waals surface area contributed by atoms with Gasteiger partial charge in [-0.25, -0.2) is 4.79 Å². The van der Waals surface area contributed by atoms with E-state index in [2.05, 4.69) is 0 Å². The van der Waals surface area contributed by atoms with Gasteiger partial charge in [0.2, 0.25) is 0 Å². The van der Waals surface area contributed by atoms with Gasteiger partial charge in [0, 0.05) is 6.04 Å². The summed E-state index contributed by atoms with van der Waals surface area (Å²) >= 11 is 0. The first-order valence-corrected chi connectivity index (χ1v) is 4.91. The number of carbonyl (C=O) groups excluding carboxylic acids is 1. The summed E-state index contributed by atoms with van der Waals surface area (Å²) in [5.41, 5.74) is 8.72. The summed E-state index contributed by atoms with van der Waals surface area (Å²) in [6.45, 7) is 0. The monoisotopic (exact) mass is 205 g/mol. The molecule has 78 valence electrons. The van der Waals surface area contributed by atoms with Crippen molar-refractivity contribution >= 4 is 5.97 Å². The number of rotatable bonds is 1. The Balaban J connectivity index is 2.22. The first kappa shape index (κ1) is 8.73. The van der Waals surface area contributed by atoms with Crippen LogP contribution in [0.5, 0.6) is 11.5 Å². The molecule has 0 radical (unpaired) electrons. The van der Waals surface area contributed by atoms with Crippen molar-refractivity contribution in [3.63, 3.8) is 0 Å². The minimum atomic E-state index is -0.255. The molecule has 15 heavy (non-hydrogen) atoms. The Morgan fingerprint density at radius 2 is 2.33 bits per heavy atom. The summed E-state index contributed by atoms with van der Waals surface area (Å²) in [5.74, 6) is 0.960. The van der Waals surface area contributed by atoms with Crippen LogP contribution in [0.2, 0.25) is 0 Å². The van der Waals surface area contributed by atoms with Crippen molar-refractivity contribution in [3.05, 3.63) is 22.8 Å². The fourth-order valence-electron chi connectivity index (χ4n) is 2.33. The van der Waals surface area contributed by atoms with E-state index >= 15 is 0 Å². The van der Waals surface area contributed by atoms with Gasteiger partial charge in [0.05, 0.1) is 7.11 Å². The fraction of sp³-hybridized carbons (Fsp3) is 0.364. The Bertz CT molecular complexity index is 467. The smallest absolute Gasteiger partial charge is 0.347 e. The Kier molecular flexibility index (Phi) is 1.59. The SMILES string of the molecule is COc1cc2c(c3c1OC3=O)CC(N)C2. The number of methoxy groups -OCH3 is 1. The van der Waals surface area contributed by atoms with E-state index in [-0.39, 0.29) is 12.0 Å². The summed E-state index contributed by atoms with van der Waals surface area (Å²) in [6.07, 6.45) is 1.57. The van der Waals surface area contributed by atoms with E-state index in [1.165, 1.54) is 0 Å². The maximum Gasteiger partial charge on any atom is 0.347 e. The van der Waals surface area contributed by atoms with Crippen molar-refractivity contribution in [2.75, 3.05) is 7.11 Å². The van der Waals surface area contributed by atoms with Crippen LogP contribution in [-0.2, 0) is 12.8 Å². The number of ether oxygens (including phenoxy) is 2. The highest BCUT2D eigenvalue weighted by molar-refractivity contribution is 6.04. The number of hydrogen-bond donors (Lipinski definition) is 1. The molecule has 1 atom stereocenters. The Morgan fingerprint density at radius 3 is 3.00 bits per heavy atom. The van der Waals surface area contributed by atoms with Gasteiger partial charge in [0.1, 0.15) is 5.56 Å². The topological polar surface area (TPSA) is 61.5 Å². The van der Waals surface area contributed by atoms with Crippen LogP contribution in [0.3, 0.4) is 0 Å². The predicted molar refractivity (Wildman–Crippen MR) is 53.3 cm³/mol. The van der Waals surface area contributed by atoms with Crippen LogP contribution in [0.1, 0.15) is 21.5 Å². The lowest BCUT2D eigenvalue weighted by Crippen LogP contribution is -2.25. The normalized spacial score (nSPS) is 21.5. The van der Waals surface area contributed by atoms with Crippen molar-refractivity contribution < 1.29 is 14.3 Å². The van der Waals surface area contributed by atoms with Gasteiger partial charge in [-0.05, 0) is 30.0 Å². The van der Waals surface area contributed by atoms with Crippen LogP contribution in [-0.4, -0.2) is 19.1 Å². The van der Waals surface area contributed by atoms with Crippen molar-refractivity contribution in [2.45, 2.75) is 18.9 Å². The molecule has 2 N–H and O–H groups in total. The van der Waals surface area contributed by atoms with Crippen LogP contribution >= 0.6 is 0 Å². The fourth-order valence-corrected chi connectivity index (χ4v) is 2.33. The predicted octanol–water partition coefficient (Wildman–Crippen LogP) is 0.654. The van der Waals surface area contributed by atoms with Crippen LogP contribution < -0.4 is 15.2 Å². The molecular formula is C11H11NO3. The van der Waals surface area contributed by atoms with Crippen molar-refractivity contribution in [1.82, 2.24) is 0 Å². The van der Waals surface area contributed by atoms with Gasteiger partial charge in [0.25, 0.3) is 0 Å². The second-order valence-electron chi connectivity index (χ2n) is 3.98. The summed E-state index contributed by atoms with van der Waals surface area (Å²) < 4.78 is 10.1. The molecule has 3 rings (SSSR count). The second kappa shape index (κ2) is 2.73. The number of hydrogen-bond acceptors (Lipinski definition) is 4.